The second-order valence-corrected chi connectivity index (χ2v) is 11.9. The van der Waals surface area contributed by atoms with Crippen molar-refractivity contribution in [2.45, 2.75) is 32.2 Å². The van der Waals surface area contributed by atoms with Crippen LogP contribution in [0.25, 0.3) is 21.8 Å². The van der Waals surface area contributed by atoms with E-state index in [0.717, 1.165) is 43.8 Å². The van der Waals surface area contributed by atoms with E-state index in [-0.39, 0.29) is 16.3 Å². The van der Waals surface area contributed by atoms with Crippen molar-refractivity contribution in [2.24, 2.45) is 0 Å². The van der Waals surface area contributed by atoms with Gasteiger partial charge < -0.3 is 14.6 Å². The summed E-state index contributed by atoms with van der Waals surface area (Å²) < 4.78 is 36.7. The Kier molecular flexibility index (Phi) is 7.49. The van der Waals surface area contributed by atoms with E-state index in [1.54, 1.807) is 37.3 Å². The molecule has 0 bridgehead atoms. The number of carbonyl (C=O) groups is 1. The quantitative estimate of drug-likeness (QED) is 0.218. The lowest BCUT2D eigenvalue weighted by atomic mass is 10.1. The third-order valence-electron chi connectivity index (χ3n) is 6.99. The van der Waals surface area contributed by atoms with Crippen LogP contribution in [-0.2, 0) is 21.4 Å². The Morgan fingerprint density at radius 3 is 2.42 bits per heavy atom. The Labute approximate surface area is 239 Å². The topological polar surface area (TPSA) is 80.6 Å². The molecule has 0 saturated heterocycles. The predicted molar refractivity (Wildman–Crippen MR) is 162 cm³/mol. The molecule has 9 heteroatoms. The molecule has 0 aliphatic heterocycles. The number of para-hydroxylation sites is 1. The minimum absolute atomic E-state index is 0.0340. The number of anilines is 2. The van der Waals surface area contributed by atoms with Crippen molar-refractivity contribution in [2.75, 3.05) is 23.3 Å². The molecule has 206 valence electrons. The Morgan fingerprint density at radius 1 is 0.950 bits per heavy atom. The molecular formula is C31H30ClN3O4S. The van der Waals surface area contributed by atoms with Gasteiger partial charge in [-0.2, -0.15) is 0 Å². The molecule has 0 fully saturated rings. The summed E-state index contributed by atoms with van der Waals surface area (Å²) in [5.74, 6) is -0.308. The number of rotatable bonds is 8. The highest BCUT2D eigenvalue weighted by Crippen LogP contribution is 2.34. The highest BCUT2D eigenvalue weighted by molar-refractivity contribution is 7.93. The van der Waals surface area contributed by atoms with Gasteiger partial charge in [0.05, 0.1) is 12.8 Å². The van der Waals surface area contributed by atoms with Crippen LogP contribution in [0.1, 0.15) is 18.1 Å². The van der Waals surface area contributed by atoms with Crippen molar-refractivity contribution in [3.8, 4) is 5.75 Å². The average molecular weight is 576 g/mol. The molecule has 5 rings (SSSR count). The standard InChI is InChI=1S/C31H30ClN3O4S/c1-5-34-27-9-7-6-8-24(27)25-17-22(12-14-28(25)34)33-31(36)19-35(23-13-11-21(3)26(32)18-23)40(37,38)30-16-20(2)10-15-29(30)39-4/h6-18H,5,19H2,1-4H3,(H,33,36). The summed E-state index contributed by atoms with van der Waals surface area (Å²) >= 11 is 6.37. The van der Waals surface area contributed by atoms with Crippen molar-refractivity contribution in [1.82, 2.24) is 4.57 Å². The van der Waals surface area contributed by atoms with E-state index in [1.807, 2.05) is 37.3 Å². The smallest absolute Gasteiger partial charge is 0.268 e. The van der Waals surface area contributed by atoms with Crippen molar-refractivity contribution < 1.29 is 17.9 Å². The van der Waals surface area contributed by atoms with E-state index in [2.05, 4.69) is 28.9 Å². The second-order valence-electron chi connectivity index (χ2n) is 9.64. The zero-order chi connectivity index (χ0) is 28.6. The number of hydrogen-bond donors (Lipinski definition) is 1. The summed E-state index contributed by atoms with van der Waals surface area (Å²) in [5.41, 5.74) is 4.56. The molecule has 1 aromatic heterocycles. The average Bonchev–Trinajstić information content (AvgIpc) is 3.26. The number of hydrogen-bond acceptors (Lipinski definition) is 4. The summed E-state index contributed by atoms with van der Waals surface area (Å²) in [6.07, 6.45) is 0. The molecule has 5 aromatic rings. The van der Waals surface area contributed by atoms with Crippen LogP contribution in [0.5, 0.6) is 5.75 Å². The lowest BCUT2D eigenvalue weighted by Gasteiger charge is -2.25. The number of sulfonamides is 1. The van der Waals surface area contributed by atoms with Crippen LogP contribution in [0.3, 0.4) is 0 Å². The third-order valence-corrected chi connectivity index (χ3v) is 9.19. The Balaban J connectivity index is 1.53. The lowest BCUT2D eigenvalue weighted by molar-refractivity contribution is -0.114. The maximum Gasteiger partial charge on any atom is 0.268 e. The first-order chi connectivity index (χ1) is 19.1. The maximum atomic E-state index is 14.0. The van der Waals surface area contributed by atoms with Gasteiger partial charge >= 0.3 is 0 Å². The number of methoxy groups -OCH3 is 1. The number of aryl methyl sites for hydroxylation is 3. The van der Waals surface area contributed by atoms with Gasteiger partial charge in [0.1, 0.15) is 17.2 Å². The number of fused-ring (bicyclic) bond motifs is 3. The Hall–Kier alpha value is -4.01. The number of carbonyl (C=O) groups excluding carboxylic acids is 1. The van der Waals surface area contributed by atoms with E-state index in [1.165, 1.54) is 13.2 Å². The molecule has 0 aliphatic carbocycles. The molecule has 0 radical (unpaired) electrons. The maximum absolute atomic E-state index is 14.0. The van der Waals surface area contributed by atoms with Crippen LogP contribution in [0.15, 0.2) is 83.8 Å². The fraction of sp³-hybridized carbons (Fsp3) is 0.194. The van der Waals surface area contributed by atoms with Gasteiger partial charge in [0.2, 0.25) is 5.91 Å². The number of nitrogens with zero attached hydrogens (tertiary/aromatic N) is 2. The summed E-state index contributed by atoms with van der Waals surface area (Å²) in [7, 11) is -2.80. The lowest BCUT2D eigenvalue weighted by Crippen LogP contribution is -2.38. The molecule has 0 aliphatic rings. The predicted octanol–water partition coefficient (Wildman–Crippen LogP) is 6.93. The first-order valence-electron chi connectivity index (χ1n) is 12.9. The van der Waals surface area contributed by atoms with Crippen molar-refractivity contribution >= 4 is 60.7 Å². The van der Waals surface area contributed by atoms with Gasteiger partial charge in [-0.25, -0.2) is 8.42 Å². The van der Waals surface area contributed by atoms with Crippen LogP contribution in [0.4, 0.5) is 11.4 Å². The molecule has 4 aromatic carbocycles. The zero-order valence-electron chi connectivity index (χ0n) is 22.7. The minimum atomic E-state index is -4.21. The molecule has 1 N–H and O–H groups in total. The van der Waals surface area contributed by atoms with Crippen LogP contribution in [0, 0.1) is 13.8 Å². The molecule has 0 unspecified atom stereocenters. The summed E-state index contributed by atoms with van der Waals surface area (Å²) in [4.78, 5) is 13.4. The molecule has 40 heavy (non-hydrogen) atoms. The molecule has 0 atom stereocenters. The summed E-state index contributed by atoms with van der Waals surface area (Å²) in [6.45, 7) is 6.06. The van der Waals surface area contributed by atoms with Crippen molar-refractivity contribution in [3.63, 3.8) is 0 Å². The van der Waals surface area contributed by atoms with Crippen LogP contribution < -0.4 is 14.4 Å². The molecule has 0 spiro atoms. The van der Waals surface area contributed by atoms with E-state index in [9.17, 15) is 13.2 Å². The largest absolute Gasteiger partial charge is 0.495 e. The second kappa shape index (κ2) is 10.9. The normalized spacial score (nSPS) is 11.6. The van der Waals surface area contributed by atoms with Crippen LogP contribution >= 0.6 is 11.6 Å². The number of ether oxygens (including phenoxy) is 1. The van der Waals surface area contributed by atoms with Crippen LogP contribution in [-0.4, -0.2) is 32.5 Å². The first kappa shape index (κ1) is 27.6. The van der Waals surface area contributed by atoms with E-state index in [0.29, 0.717) is 10.7 Å². The number of amides is 1. The van der Waals surface area contributed by atoms with E-state index >= 15 is 0 Å². The van der Waals surface area contributed by atoms with Gasteiger partial charge in [-0.1, -0.05) is 41.9 Å². The molecule has 1 amide bonds. The number of halogens is 1. The van der Waals surface area contributed by atoms with Gasteiger partial charge in [-0.05, 0) is 80.4 Å². The van der Waals surface area contributed by atoms with Gasteiger partial charge in [0.15, 0.2) is 0 Å². The summed E-state index contributed by atoms with van der Waals surface area (Å²) in [5, 5.41) is 5.39. The van der Waals surface area contributed by atoms with Crippen LogP contribution in [0.2, 0.25) is 5.02 Å². The minimum Gasteiger partial charge on any atom is -0.495 e. The first-order valence-corrected chi connectivity index (χ1v) is 14.7. The fourth-order valence-corrected chi connectivity index (χ4v) is 6.79. The van der Waals surface area contributed by atoms with Crippen molar-refractivity contribution in [1.29, 1.82) is 0 Å². The van der Waals surface area contributed by atoms with Crippen molar-refractivity contribution in [3.05, 3.63) is 95.0 Å². The highest BCUT2D eigenvalue weighted by Gasteiger charge is 2.30. The fourth-order valence-electron chi connectivity index (χ4n) is 4.96. The van der Waals surface area contributed by atoms with Gasteiger partial charge in [-0.3, -0.25) is 9.10 Å². The van der Waals surface area contributed by atoms with E-state index < -0.39 is 22.5 Å². The van der Waals surface area contributed by atoms with Gasteiger partial charge in [-0.15, -0.1) is 0 Å². The molecule has 7 nitrogen and oxygen atoms in total. The number of aromatic nitrogens is 1. The molecule has 1 heterocycles. The summed E-state index contributed by atoms with van der Waals surface area (Å²) in [6, 6.07) is 23.7. The highest BCUT2D eigenvalue weighted by atomic mass is 35.5. The van der Waals surface area contributed by atoms with Gasteiger partial charge in [0, 0.05) is 39.1 Å². The SMILES string of the molecule is CCn1c2ccccc2c2cc(NC(=O)CN(c3ccc(C)c(Cl)c3)S(=O)(=O)c3cc(C)ccc3OC)ccc21. The molecule has 0 saturated carbocycles. The molecular weight excluding hydrogens is 546 g/mol. The Bertz CT molecular complexity index is 1860. The zero-order valence-corrected chi connectivity index (χ0v) is 24.3. The monoisotopic (exact) mass is 575 g/mol. The number of benzene rings is 4. The number of nitrogens with one attached hydrogen (secondary N) is 1. The third kappa shape index (κ3) is 5.00. The Morgan fingerprint density at radius 2 is 1.70 bits per heavy atom. The van der Waals surface area contributed by atoms with E-state index in [4.69, 9.17) is 16.3 Å². The van der Waals surface area contributed by atoms with Gasteiger partial charge in [0.25, 0.3) is 10.0 Å².